The molecular formula is C23H29N3O2. The molecule has 3 N–H and O–H groups in total. The zero-order chi connectivity index (χ0) is 19.8. The van der Waals surface area contributed by atoms with Gasteiger partial charge in [0.1, 0.15) is 5.54 Å². The van der Waals surface area contributed by atoms with E-state index in [0.717, 1.165) is 30.4 Å². The molecule has 0 radical (unpaired) electrons. The first kappa shape index (κ1) is 19.9. The fourth-order valence-corrected chi connectivity index (χ4v) is 4.06. The third-order valence-electron chi connectivity index (χ3n) is 5.59. The number of rotatable bonds is 6. The van der Waals surface area contributed by atoms with Crippen LogP contribution in [-0.2, 0) is 4.79 Å². The summed E-state index contributed by atoms with van der Waals surface area (Å²) in [5.74, 6) is -0.0551. The number of urea groups is 1. The molecule has 1 aliphatic carbocycles. The number of carbonyl (C=O) groups excluding carboxylic acids is 2. The van der Waals surface area contributed by atoms with Crippen molar-refractivity contribution in [2.45, 2.75) is 43.6 Å². The summed E-state index contributed by atoms with van der Waals surface area (Å²) in [4.78, 5) is 25.2. The van der Waals surface area contributed by atoms with E-state index < -0.39 is 5.54 Å². The fraction of sp³-hybridized carbons (Fsp3) is 0.391. The first-order valence-corrected chi connectivity index (χ1v) is 10.0. The van der Waals surface area contributed by atoms with Gasteiger partial charge < -0.3 is 16.0 Å². The predicted molar refractivity (Wildman–Crippen MR) is 111 cm³/mol. The summed E-state index contributed by atoms with van der Waals surface area (Å²) < 4.78 is 0. The Bertz CT molecular complexity index is 731. The number of carbonyl (C=O) groups is 2. The van der Waals surface area contributed by atoms with Gasteiger partial charge in [0.2, 0.25) is 5.91 Å². The van der Waals surface area contributed by atoms with Gasteiger partial charge >= 0.3 is 6.03 Å². The van der Waals surface area contributed by atoms with Crippen LogP contribution in [0.4, 0.5) is 4.79 Å². The van der Waals surface area contributed by atoms with Crippen LogP contribution < -0.4 is 16.0 Å². The van der Waals surface area contributed by atoms with Crippen LogP contribution in [0.3, 0.4) is 0 Å². The number of hydrogen-bond acceptors (Lipinski definition) is 2. The van der Waals surface area contributed by atoms with Crippen LogP contribution in [0.1, 0.15) is 49.1 Å². The Hall–Kier alpha value is -2.82. The molecule has 1 saturated carbocycles. The average molecular weight is 380 g/mol. The van der Waals surface area contributed by atoms with Gasteiger partial charge in [-0.15, -0.1) is 0 Å². The van der Waals surface area contributed by atoms with Gasteiger partial charge in [0, 0.05) is 19.5 Å². The van der Waals surface area contributed by atoms with Gasteiger partial charge in [-0.2, -0.15) is 0 Å². The highest BCUT2D eigenvalue weighted by molar-refractivity contribution is 5.91. The van der Waals surface area contributed by atoms with E-state index in [0.29, 0.717) is 19.4 Å². The van der Waals surface area contributed by atoms with Crippen molar-refractivity contribution in [3.8, 4) is 0 Å². The molecule has 0 atom stereocenters. The third-order valence-corrected chi connectivity index (χ3v) is 5.59. The zero-order valence-corrected chi connectivity index (χ0v) is 16.4. The second-order valence-corrected chi connectivity index (χ2v) is 7.43. The largest absolute Gasteiger partial charge is 0.357 e. The van der Waals surface area contributed by atoms with Crippen LogP contribution >= 0.6 is 0 Å². The Morgan fingerprint density at radius 1 is 0.893 bits per heavy atom. The normalized spacial score (nSPS) is 15.6. The molecule has 0 aliphatic heterocycles. The molecule has 5 heteroatoms. The molecule has 3 rings (SSSR count). The number of hydrogen-bond donors (Lipinski definition) is 3. The summed E-state index contributed by atoms with van der Waals surface area (Å²) in [7, 11) is 1.62. The van der Waals surface area contributed by atoms with Crippen LogP contribution in [-0.4, -0.2) is 31.1 Å². The molecular weight excluding hydrogens is 350 g/mol. The Morgan fingerprint density at radius 2 is 1.43 bits per heavy atom. The highest BCUT2D eigenvalue weighted by Gasteiger charge is 2.40. The Labute approximate surface area is 166 Å². The van der Waals surface area contributed by atoms with Crippen molar-refractivity contribution in [3.63, 3.8) is 0 Å². The smallest absolute Gasteiger partial charge is 0.315 e. The SMILES string of the molecule is CNC(=O)C1(NC(=O)NCC(c2ccccc2)c2ccccc2)CCCCC1. The predicted octanol–water partition coefficient (Wildman–Crippen LogP) is 3.57. The van der Waals surface area contributed by atoms with E-state index in [1.807, 2.05) is 36.4 Å². The molecule has 3 amide bonds. The van der Waals surface area contributed by atoms with Crippen molar-refractivity contribution in [1.29, 1.82) is 0 Å². The zero-order valence-electron chi connectivity index (χ0n) is 16.4. The molecule has 1 aliphatic rings. The lowest BCUT2D eigenvalue weighted by molar-refractivity contribution is -0.128. The average Bonchev–Trinajstić information content (AvgIpc) is 2.75. The standard InChI is InChI=1S/C23H29N3O2/c1-24-21(27)23(15-9-4-10-16-23)26-22(28)25-17-20(18-11-5-2-6-12-18)19-13-7-3-8-14-19/h2-3,5-8,11-14,20H,4,9-10,15-17H2,1H3,(H,24,27)(H2,25,26,28). The van der Waals surface area contributed by atoms with E-state index in [1.54, 1.807) is 7.05 Å². The molecule has 0 aromatic heterocycles. The second kappa shape index (κ2) is 9.40. The summed E-state index contributed by atoms with van der Waals surface area (Å²) in [6.07, 6.45) is 4.36. The lowest BCUT2D eigenvalue weighted by Gasteiger charge is -2.36. The fourth-order valence-electron chi connectivity index (χ4n) is 4.06. The van der Waals surface area contributed by atoms with Gasteiger partial charge in [0.05, 0.1) is 0 Å². The van der Waals surface area contributed by atoms with E-state index in [1.165, 1.54) is 0 Å². The molecule has 1 fully saturated rings. The van der Waals surface area contributed by atoms with Gasteiger partial charge in [-0.3, -0.25) is 4.79 Å². The van der Waals surface area contributed by atoms with Gasteiger partial charge in [0.15, 0.2) is 0 Å². The molecule has 0 heterocycles. The topological polar surface area (TPSA) is 70.2 Å². The summed E-state index contributed by atoms with van der Waals surface area (Å²) in [5.41, 5.74) is 1.49. The molecule has 0 saturated heterocycles. The summed E-state index contributed by atoms with van der Waals surface area (Å²) in [6, 6.07) is 20.0. The van der Waals surface area contributed by atoms with Crippen molar-refractivity contribution >= 4 is 11.9 Å². The lowest BCUT2D eigenvalue weighted by atomic mass is 9.81. The lowest BCUT2D eigenvalue weighted by Crippen LogP contribution is -2.61. The Morgan fingerprint density at radius 3 is 1.93 bits per heavy atom. The minimum absolute atomic E-state index is 0.0513. The van der Waals surface area contributed by atoms with Gasteiger partial charge in [-0.1, -0.05) is 79.9 Å². The van der Waals surface area contributed by atoms with Crippen LogP contribution in [0.5, 0.6) is 0 Å². The molecule has 2 aromatic rings. The van der Waals surface area contributed by atoms with Crippen LogP contribution in [0, 0.1) is 0 Å². The number of amides is 3. The van der Waals surface area contributed by atoms with Gasteiger partial charge in [-0.05, 0) is 24.0 Å². The van der Waals surface area contributed by atoms with Crippen molar-refractivity contribution in [1.82, 2.24) is 16.0 Å². The minimum atomic E-state index is -0.800. The van der Waals surface area contributed by atoms with Crippen molar-refractivity contribution in [2.75, 3.05) is 13.6 Å². The highest BCUT2D eigenvalue weighted by Crippen LogP contribution is 2.28. The molecule has 2 aromatic carbocycles. The van der Waals surface area contributed by atoms with Gasteiger partial charge in [-0.25, -0.2) is 4.79 Å². The van der Waals surface area contributed by atoms with Crippen LogP contribution in [0.2, 0.25) is 0 Å². The van der Waals surface area contributed by atoms with Crippen molar-refractivity contribution in [3.05, 3.63) is 71.8 Å². The van der Waals surface area contributed by atoms with E-state index >= 15 is 0 Å². The number of benzene rings is 2. The first-order chi connectivity index (χ1) is 13.6. The van der Waals surface area contributed by atoms with Crippen LogP contribution in [0.25, 0.3) is 0 Å². The Balaban J connectivity index is 1.70. The third kappa shape index (κ3) is 4.71. The first-order valence-electron chi connectivity index (χ1n) is 10.0. The number of likely N-dealkylation sites (N-methyl/N-ethyl adjacent to an activating group) is 1. The van der Waals surface area contributed by atoms with Gasteiger partial charge in [0.25, 0.3) is 0 Å². The molecule has 0 spiro atoms. The van der Waals surface area contributed by atoms with E-state index in [-0.39, 0.29) is 17.9 Å². The molecule has 0 bridgehead atoms. The van der Waals surface area contributed by atoms with E-state index in [9.17, 15) is 9.59 Å². The maximum Gasteiger partial charge on any atom is 0.315 e. The quantitative estimate of drug-likeness (QED) is 0.718. The second-order valence-electron chi connectivity index (χ2n) is 7.43. The van der Waals surface area contributed by atoms with Crippen molar-refractivity contribution in [2.24, 2.45) is 0 Å². The summed E-state index contributed by atoms with van der Waals surface area (Å²) >= 11 is 0. The molecule has 148 valence electrons. The molecule has 0 unspecified atom stereocenters. The van der Waals surface area contributed by atoms with Crippen molar-refractivity contribution < 1.29 is 9.59 Å². The molecule has 28 heavy (non-hydrogen) atoms. The Kier molecular flexibility index (Phi) is 6.69. The maximum atomic E-state index is 12.7. The maximum absolute atomic E-state index is 12.7. The minimum Gasteiger partial charge on any atom is -0.357 e. The summed E-state index contributed by atoms with van der Waals surface area (Å²) in [6.45, 7) is 0.462. The number of nitrogens with one attached hydrogen (secondary N) is 3. The highest BCUT2D eigenvalue weighted by atomic mass is 16.2. The van der Waals surface area contributed by atoms with E-state index in [4.69, 9.17) is 0 Å². The molecule has 5 nitrogen and oxygen atoms in total. The summed E-state index contributed by atoms with van der Waals surface area (Å²) in [5, 5.41) is 8.70. The van der Waals surface area contributed by atoms with E-state index in [2.05, 4.69) is 40.2 Å². The van der Waals surface area contributed by atoms with Crippen LogP contribution in [0.15, 0.2) is 60.7 Å². The monoisotopic (exact) mass is 379 g/mol.